The third-order valence-electron chi connectivity index (χ3n) is 8.51. The van der Waals surface area contributed by atoms with E-state index in [9.17, 15) is 19.5 Å². The van der Waals surface area contributed by atoms with Crippen LogP contribution in [0.5, 0.6) is 0 Å². The van der Waals surface area contributed by atoms with Crippen LogP contribution in [0, 0.1) is 34.5 Å². The van der Waals surface area contributed by atoms with Crippen LogP contribution in [0.3, 0.4) is 0 Å². The van der Waals surface area contributed by atoms with Gasteiger partial charge in [0.1, 0.15) is 11.4 Å². The standard InChI is InChI=1S/C23H30O4/c1-5-19(26)23(27)9-7-16-15-10-13(2)17-11-14(24)6-8-21(17,3)20(15)18(25)12-22(16,23)4/h6,8,11,13,15-16,20,27H,5,7,9-10,12H2,1-4H3/t13-,15-,16-,20+,21-,22-,23-/m0/s1. The van der Waals surface area contributed by atoms with Gasteiger partial charge in [-0.1, -0.05) is 39.3 Å². The fourth-order valence-corrected chi connectivity index (χ4v) is 7.21. The molecule has 4 nitrogen and oxygen atoms in total. The zero-order chi connectivity index (χ0) is 19.8. The summed E-state index contributed by atoms with van der Waals surface area (Å²) in [4.78, 5) is 38.0. The monoisotopic (exact) mass is 370 g/mol. The van der Waals surface area contributed by atoms with Crippen LogP contribution < -0.4 is 0 Å². The molecule has 4 heteroatoms. The second-order valence-corrected chi connectivity index (χ2v) is 9.74. The molecule has 0 aromatic carbocycles. The van der Waals surface area contributed by atoms with Crippen LogP contribution in [0.4, 0.5) is 0 Å². The van der Waals surface area contributed by atoms with Crippen molar-refractivity contribution in [3.63, 3.8) is 0 Å². The van der Waals surface area contributed by atoms with Crippen LogP contribution in [0.2, 0.25) is 0 Å². The van der Waals surface area contributed by atoms with Crippen molar-refractivity contribution in [2.75, 3.05) is 0 Å². The van der Waals surface area contributed by atoms with Gasteiger partial charge in [0.15, 0.2) is 11.6 Å². The Morgan fingerprint density at radius 1 is 1.30 bits per heavy atom. The average molecular weight is 370 g/mol. The Kier molecular flexibility index (Phi) is 3.99. The summed E-state index contributed by atoms with van der Waals surface area (Å²) in [5.41, 5.74) is -1.41. The number of hydrogen-bond donors (Lipinski definition) is 1. The van der Waals surface area contributed by atoms with E-state index in [0.717, 1.165) is 18.4 Å². The van der Waals surface area contributed by atoms with Crippen molar-refractivity contribution in [3.05, 3.63) is 23.8 Å². The smallest absolute Gasteiger partial charge is 0.178 e. The first kappa shape index (κ1) is 18.8. The first-order valence-corrected chi connectivity index (χ1v) is 10.3. The molecule has 4 aliphatic carbocycles. The van der Waals surface area contributed by atoms with E-state index >= 15 is 0 Å². The minimum Gasteiger partial charge on any atom is -0.381 e. The van der Waals surface area contributed by atoms with Gasteiger partial charge in [0.25, 0.3) is 0 Å². The Morgan fingerprint density at radius 3 is 2.67 bits per heavy atom. The van der Waals surface area contributed by atoms with Gasteiger partial charge in [0.2, 0.25) is 0 Å². The van der Waals surface area contributed by atoms with Crippen molar-refractivity contribution in [1.82, 2.24) is 0 Å². The molecule has 0 radical (unpaired) electrons. The molecule has 4 rings (SSSR count). The Hall–Kier alpha value is -1.55. The zero-order valence-corrected chi connectivity index (χ0v) is 16.7. The molecule has 0 unspecified atom stereocenters. The first-order valence-electron chi connectivity index (χ1n) is 10.3. The minimum atomic E-state index is -1.38. The van der Waals surface area contributed by atoms with E-state index < -0.39 is 16.4 Å². The van der Waals surface area contributed by atoms with Crippen molar-refractivity contribution in [2.24, 2.45) is 34.5 Å². The maximum absolute atomic E-state index is 13.5. The number of allylic oxidation sites excluding steroid dienone is 4. The van der Waals surface area contributed by atoms with Gasteiger partial charge in [-0.05, 0) is 49.2 Å². The largest absolute Gasteiger partial charge is 0.381 e. The maximum atomic E-state index is 13.5. The Morgan fingerprint density at radius 2 is 2.00 bits per heavy atom. The molecule has 0 aromatic rings. The Labute approximate surface area is 161 Å². The normalized spacial score (nSPS) is 48.6. The zero-order valence-electron chi connectivity index (χ0n) is 16.7. The summed E-state index contributed by atoms with van der Waals surface area (Å²) in [5, 5.41) is 11.3. The van der Waals surface area contributed by atoms with Gasteiger partial charge in [-0.2, -0.15) is 0 Å². The Bertz CT molecular complexity index is 792. The summed E-state index contributed by atoms with van der Waals surface area (Å²) < 4.78 is 0. The van der Waals surface area contributed by atoms with Crippen LogP contribution in [-0.2, 0) is 14.4 Å². The molecule has 3 fully saturated rings. The molecule has 0 amide bonds. The van der Waals surface area contributed by atoms with E-state index in [1.54, 1.807) is 19.1 Å². The van der Waals surface area contributed by atoms with Gasteiger partial charge in [-0.25, -0.2) is 0 Å². The number of fused-ring (bicyclic) bond motifs is 5. The summed E-state index contributed by atoms with van der Waals surface area (Å²) in [7, 11) is 0. The first-order chi connectivity index (χ1) is 12.6. The number of aliphatic hydroxyl groups is 1. The highest BCUT2D eigenvalue weighted by atomic mass is 16.3. The van der Waals surface area contributed by atoms with Crippen LogP contribution in [0.15, 0.2) is 23.8 Å². The summed E-state index contributed by atoms with van der Waals surface area (Å²) in [6.07, 6.45) is 7.91. The van der Waals surface area contributed by atoms with Gasteiger partial charge < -0.3 is 5.11 Å². The van der Waals surface area contributed by atoms with Crippen LogP contribution in [0.1, 0.15) is 59.8 Å². The predicted molar refractivity (Wildman–Crippen MR) is 102 cm³/mol. The number of Topliss-reactive ketones (excluding diaryl/α,β-unsaturated/α-hetero) is 2. The fourth-order valence-electron chi connectivity index (χ4n) is 7.21. The van der Waals surface area contributed by atoms with Crippen LogP contribution in [0.25, 0.3) is 0 Å². The quantitative estimate of drug-likeness (QED) is 0.808. The number of rotatable bonds is 2. The predicted octanol–water partition coefficient (Wildman–Crippen LogP) is 3.43. The molecule has 146 valence electrons. The SMILES string of the molecule is CCC(=O)[C@@]1(O)CC[C@H]2[C@@H]3C[C@H](C)C4=CC(=O)C=C[C@]4(C)[C@H]3C(=O)C[C@@]21C. The topological polar surface area (TPSA) is 71.4 Å². The van der Waals surface area contributed by atoms with Gasteiger partial charge in [0, 0.05) is 29.6 Å². The number of carbonyl (C=O) groups is 3. The number of carbonyl (C=O) groups excluding carboxylic acids is 3. The molecule has 0 saturated heterocycles. The molecule has 0 spiro atoms. The summed E-state index contributed by atoms with van der Waals surface area (Å²) >= 11 is 0. The lowest BCUT2D eigenvalue weighted by Gasteiger charge is -2.58. The number of hydrogen-bond acceptors (Lipinski definition) is 4. The van der Waals surface area contributed by atoms with Gasteiger partial charge >= 0.3 is 0 Å². The highest BCUT2D eigenvalue weighted by Gasteiger charge is 2.68. The van der Waals surface area contributed by atoms with Crippen molar-refractivity contribution < 1.29 is 19.5 Å². The van der Waals surface area contributed by atoms with Gasteiger partial charge in [-0.15, -0.1) is 0 Å². The molecule has 1 N–H and O–H groups in total. The van der Waals surface area contributed by atoms with Crippen molar-refractivity contribution in [1.29, 1.82) is 0 Å². The third-order valence-corrected chi connectivity index (χ3v) is 8.51. The molecule has 0 bridgehead atoms. The molecule has 3 saturated carbocycles. The maximum Gasteiger partial charge on any atom is 0.178 e. The minimum absolute atomic E-state index is 0.00431. The lowest BCUT2D eigenvalue weighted by Crippen LogP contribution is -2.60. The van der Waals surface area contributed by atoms with Crippen molar-refractivity contribution >= 4 is 17.3 Å². The van der Waals surface area contributed by atoms with Crippen molar-refractivity contribution in [2.45, 2.75) is 65.4 Å². The molecule has 7 atom stereocenters. The average Bonchev–Trinajstić information content (AvgIpc) is 2.87. The lowest BCUT2D eigenvalue weighted by atomic mass is 9.45. The van der Waals surface area contributed by atoms with E-state index in [-0.39, 0.29) is 47.4 Å². The third kappa shape index (κ3) is 2.22. The molecule has 4 aliphatic rings. The van der Waals surface area contributed by atoms with Crippen LogP contribution >= 0.6 is 0 Å². The molecular weight excluding hydrogens is 340 g/mol. The molecule has 0 aromatic heterocycles. The highest BCUT2D eigenvalue weighted by Crippen LogP contribution is 2.66. The summed E-state index contributed by atoms with van der Waals surface area (Å²) in [6, 6.07) is 0. The van der Waals surface area contributed by atoms with E-state index in [1.807, 2.05) is 13.0 Å². The van der Waals surface area contributed by atoms with E-state index in [4.69, 9.17) is 0 Å². The number of ketones is 3. The second-order valence-electron chi connectivity index (χ2n) is 9.74. The molecular formula is C23H30O4. The fraction of sp³-hybridized carbons (Fsp3) is 0.696. The highest BCUT2D eigenvalue weighted by molar-refractivity contribution is 6.02. The summed E-state index contributed by atoms with van der Waals surface area (Å²) in [5.74, 6) is 0.374. The lowest BCUT2D eigenvalue weighted by molar-refractivity contribution is -0.167. The van der Waals surface area contributed by atoms with E-state index in [2.05, 4.69) is 13.8 Å². The molecule has 0 heterocycles. The Balaban J connectivity index is 1.79. The van der Waals surface area contributed by atoms with E-state index in [0.29, 0.717) is 12.8 Å². The van der Waals surface area contributed by atoms with Gasteiger partial charge in [-0.3, -0.25) is 14.4 Å². The molecule has 0 aliphatic heterocycles. The van der Waals surface area contributed by atoms with Crippen LogP contribution in [-0.4, -0.2) is 28.1 Å². The van der Waals surface area contributed by atoms with E-state index in [1.165, 1.54) is 0 Å². The van der Waals surface area contributed by atoms with Gasteiger partial charge in [0.05, 0.1) is 0 Å². The second kappa shape index (κ2) is 5.73. The van der Waals surface area contributed by atoms with Crippen molar-refractivity contribution in [3.8, 4) is 0 Å². The molecule has 27 heavy (non-hydrogen) atoms. The summed E-state index contributed by atoms with van der Waals surface area (Å²) in [6.45, 7) is 7.98.